The molecule has 7 heteroatoms. The van der Waals surface area contributed by atoms with Gasteiger partial charge in [-0.1, -0.05) is 18.2 Å². The maximum atomic E-state index is 12.5. The van der Waals surface area contributed by atoms with Crippen molar-refractivity contribution in [1.82, 2.24) is 4.90 Å². The normalized spacial score (nSPS) is 19.1. The van der Waals surface area contributed by atoms with Crippen molar-refractivity contribution in [3.8, 4) is 0 Å². The molecule has 0 unspecified atom stereocenters. The van der Waals surface area contributed by atoms with Crippen LogP contribution in [0.2, 0.25) is 0 Å². The minimum atomic E-state index is -0.663. The molecule has 0 aliphatic carbocycles. The first-order valence-corrected chi connectivity index (χ1v) is 6.89. The summed E-state index contributed by atoms with van der Waals surface area (Å²) in [5.74, 6) is -0.715. The first-order chi connectivity index (χ1) is 10.1. The van der Waals surface area contributed by atoms with Gasteiger partial charge in [0.05, 0.1) is 6.04 Å². The highest BCUT2D eigenvalue weighted by Crippen LogP contribution is 2.21. The van der Waals surface area contributed by atoms with Gasteiger partial charge in [-0.05, 0) is 36.9 Å². The van der Waals surface area contributed by atoms with Crippen LogP contribution in [0.5, 0.6) is 0 Å². The third kappa shape index (κ3) is 3.08. The number of rotatable bonds is 4. The topological polar surface area (TPSA) is 97.7 Å². The average Bonchev–Trinajstić information content (AvgIpc) is 2.97. The van der Waals surface area contributed by atoms with E-state index in [1.165, 1.54) is 4.90 Å². The molecule has 21 heavy (non-hydrogen) atoms. The highest BCUT2D eigenvalue weighted by atomic mass is 16.3. The number of para-hydroxylation sites is 1. The SMILES string of the molecule is C[C@H](N)C(=O)N1CCC[C@H]1C(=O)N([NH+]=O)c1ccccc1. The Morgan fingerprint density at radius 3 is 2.62 bits per heavy atom. The van der Waals surface area contributed by atoms with Crippen LogP contribution in [0.3, 0.4) is 0 Å². The average molecular weight is 291 g/mol. The molecule has 0 bridgehead atoms. The van der Waals surface area contributed by atoms with E-state index in [2.05, 4.69) is 0 Å². The summed E-state index contributed by atoms with van der Waals surface area (Å²) in [5.41, 5.74) is 6.05. The number of hydrogen-bond donors (Lipinski definition) is 2. The largest absolute Gasteiger partial charge is 0.329 e. The number of carbonyl (C=O) groups is 2. The Kier molecular flexibility index (Phi) is 4.64. The monoisotopic (exact) mass is 291 g/mol. The van der Waals surface area contributed by atoms with Gasteiger partial charge in [0.2, 0.25) is 5.91 Å². The quantitative estimate of drug-likeness (QED) is 0.704. The van der Waals surface area contributed by atoms with E-state index in [1.807, 2.05) is 0 Å². The van der Waals surface area contributed by atoms with Crippen LogP contribution in [0, 0.1) is 4.91 Å². The van der Waals surface area contributed by atoms with Crippen molar-refractivity contribution < 1.29 is 14.9 Å². The van der Waals surface area contributed by atoms with Gasteiger partial charge in [0.15, 0.2) is 0 Å². The van der Waals surface area contributed by atoms with Crippen molar-refractivity contribution in [2.45, 2.75) is 31.8 Å². The molecule has 1 aliphatic heterocycles. The lowest BCUT2D eigenvalue weighted by Gasteiger charge is -2.25. The van der Waals surface area contributed by atoms with Crippen molar-refractivity contribution in [3.63, 3.8) is 0 Å². The van der Waals surface area contributed by atoms with E-state index in [1.54, 1.807) is 42.5 Å². The molecule has 1 aromatic carbocycles. The zero-order valence-corrected chi connectivity index (χ0v) is 11.9. The molecular formula is C14H19N4O3+. The molecule has 1 heterocycles. The summed E-state index contributed by atoms with van der Waals surface area (Å²) >= 11 is 0. The summed E-state index contributed by atoms with van der Waals surface area (Å²) in [6.07, 6.45) is 1.25. The van der Waals surface area contributed by atoms with Crippen molar-refractivity contribution in [2.24, 2.45) is 5.73 Å². The molecule has 1 aromatic rings. The van der Waals surface area contributed by atoms with E-state index < -0.39 is 18.0 Å². The van der Waals surface area contributed by atoms with Gasteiger partial charge < -0.3 is 10.6 Å². The molecule has 1 saturated heterocycles. The fourth-order valence-electron chi connectivity index (χ4n) is 2.50. The Morgan fingerprint density at radius 2 is 2.05 bits per heavy atom. The summed E-state index contributed by atoms with van der Waals surface area (Å²) in [5, 5.41) is 2.58. The summed E-state index contributed by atoms with van der Waals surface area (Å²) in [7, 11) is 0. The lowest BCUT2D eigenvalue weighted by molar-refractivity contribution is -0.485. The van der Waals surface area contributed by atoms with Gasteiger partial charge in [-0.25, -0.2) is 0 Å². The smallest absolute Gasteiger partial charge is 0.310 e. The van der Waals surface area contributed by atoms with E-state index in [9.17, 15) is 14.5 Å². The van der Waals surface area contributed by atoms with Gasteiger partial charge in [0, 0.05) is 11.5 Å². The molecule has 7 nitrogen and oxygen atoms in total. The van der Waals surface area contributed by atoms with Crippen LogP contribution in [-0.2, 0) is 9.59 Å². The fourth-order valence-corrected chi connectivity index (χ4v) is 2.50. The van der Waals surface area contributed by atoms with E-state index in [-0.39, 0.29) is 5.91 Å². The van der Waals surface area contributed by atoms with Crippen molar-refractivity contribution in [3.05, 3.63) is 35.2 Å². The van der Waals surface area contributed by atoms with Crippen molar-refractivity contribution >= 4 is 17.5 Å². The second-order valence-electron chi connectivity index (χ2n) is 5.08. The highest BCUT2D eigenvalue weighted by Gasteiger charge is 2.40. The third-order valence-electron chi connectivity index (χ3n) is 3.54. The van der Waals surface area contributed by atoms with Crippen LogP contribution in [0.25, 0.3) is 0 Å². The minimum absolute atomic E-state index is 0.273. The molecule has 2 atom stereocenters. The van der Waals surface area contributed by atoms with Crippen LogP contribution in [0.15, 0.2) is 30.3 Å². The molecule has 0 radical (unpaired) electrons. The lowest BCUT2D eigenvalue weighted by Crippen LogP contribution is -2.82. The fraction of sp³-hybridized carbons (Fsp3) is 0.429. The predicted octanol–water partition coefficient (Wildman–Crippen LogP) is -0.880. The number of anilines is 1. The summed E-state index contributed by atoms with van der Waals surface area (Å²) in [6.45, 7) is 2.07. The molecule has 3 N–H and O–H groups in total. The van der Waals surface area contributed by atoms with E-state index in [0.29, 0.717) is 18.7 Å². The molecule has 2 amide bonds. The highest BCUT2D eigenvalue weighted by molar-refractivity contribution is 5.98. The first-order valence-electron chi connectivity index (χ1n) is 6.89. The molecule has 0 saturated carbocycles. The number of nitroso groups, excluding NO2 is 1. The summed E-state index contributed by atoms with van der Waals surface area (Å²) in [4.78, 5) is 37.2. The number of likely N-dealkylation sites (tertiary alicyclic amines) is 1. The Morgan fingerprint density at radius 1 is 1.38 bits per heavy atom. The second kappa shape index (κ2) is 6.45. The van der Waals surface area contributed by atoms with Crippen molar-refractivity contribution in [2.75, 3.05) is 11.6 Å². The van der Waals surface area contributed by atoms with E-state index in [4.69, 9.17) is 5.73 Å². The van der Waals surface area contributed by atoms with Crippen LogP contribution in [0.1, 0.15) is 19.8 Å². The molecule has 0 aromatic heterocycles. The molecule has 2 rings (SSSR count). The predicted molar refractivity (Wildman–Crippen MR) is 76.6 cm³/mol. The summed E-state index contributed by atoms with van der Waals surface area (Å²) < 4.78 is 0. The third-order valence-corrected chi connectivity index (χ3v) is 3.54. The summed E-state index contributed by atoms with van der Waals surface area (Å²) in [6, 6.07) is 7.23. The van der Waals surface area contributed by atoms with Crippen LogP contribution >= 0.6 is 0 Å². The Bertz CT molecular complexity index is 532. The van der Waals surface area contributed by atoms with Crippen LogP contribution < -0.4 is 16.0 Å². The molecule has 1 aliphatic rings. The first kappa shape index (κ1) is 15.1. The Hall–Kier alpha value is -2.28. The number of nitrogens with two attached hydrogens (primary N) is 1. The minimum Gasteiger partial charge on any atom is -0.329 e. The zero-order valence-electron chi connectivity index (χ0n) is 11.9. The van der Waals surface area contributed by atoms with Gasteiger partial charge in [-0.3, -0.25) is 9.59 Å². The van der Waals surface area contributed by atoms with Crippen molar-refractivity contribution in [1.29, 1.82) is 0 Å². The number of nitrogens with one attached hydrogen (secondary N) is 1. The number of hydrogen-bond acceptors (Lipinski definition) is 4. The Labute approximate surface area is 122 Å². The number of carbonyl (C=O) groups excluding carboxylic acids is 2. The van der Waals surface area contributed by atoms with E-state index >= 15 is 0 Å². The van der Waals surface area contributed by atoms with Gasteiger partial charge in [0.1, 0.15) is 17.0 Å². The van der Waals surface area contributed by atoms with Crippen LogP contribution in [0.4, 0.5) is 5.69 Å². The van der Waals surface area contributed by atoms with Crippen LogP contribution in [-0.4, -0.2) is 35.3 Å². The second-order valence-corrected chi connectivity index (χ2v) is 5.08. The van der Waals surface area contributed by atoms with Gasteiger partial charge in [0.25, 0.3) is 0 Å². The molecular weight excluding hydrogens is 272 g/mol. The number of benzene rings is 1. The van der Waals surface area contributed by atoms with E-state index in [0.717, 1.165) is 11.4 Å². The number of nitrogens with zero attached hydrogens (tertiary/aromatic N) is 2. The van der Waals surface area contributed by atoms with Gasteiger partial charge in [-0.2, -0.15) is 0 Å². The maximum absolute atomic E-state index is 12.5. The van der Waals surface area contributed by atoms with Gasteiger partial charge in [-0.15, -0.1) is 0 Å². The molecule has 112 valence electrons. The standard InChI is InChI=1S/C14H18N4O3/c1-10(15)13(19)17-9-5-8-12(17)14(20)18(16-21)11-6-3-2-4-7-11/h2-4,6-7,10,12H,5,8-9,15H2,1H3/p+1/t10-,12-/m0/s1. The number of hydrazine groups is 1. The number of amides is 2. The maximum Gasteiger partial charge on any atom is 0.310 e. The lowest BCUT2D eigenvalue weighted by atomic mass is 10.1. The zero-order chi connectivity index (χ0) is 15.4. The van der Waals surface area contributed by atoms with Gasteiger partial charge >= 0.3 is 5.91 Å². The Balaban J connectivity index is 2.21. The molecule has 1 fully saturated rings. The molecule has 0 spiro atoms.